The minimum absolute atomic E-state index is 0.00751. The summed E-state index contributed by atoms with van der Waals surface area (Å²) in [6, 6.07) is 12.9. The molecule has 2 saturated heterocycles. The fourth-order valence-corrected chi connectivity index (χ4v) is 4.22. The van der Waals surface area contributed by atoms with Crippen LogP contribution in [0.25, 0.3) is 0 Å². The van der Waals surface area contributed by atoms with E-state index in [0.29, 0.717) is 17.0 Å². The van der Waals surface area contributed by atoms with E-state index in [1.807, 2.05) is 43.3 Å². The first-order chi connectivity index (χ1) is 11.2. The van der Waals surface area contributed by atoms with E-state index in [1.165, 1.54) is 29.7 Å². The summed E-state index contributed by atoms with van der Waals surface area (Å²) in [6.07, 6.45) is 3.46. The lowest BCUT2D eigenvalue weighted by Crippen LogP contribution is -2.42. The fraction of sp³-hybridized carbons (Fsp3) is 0.389. The Bertz CT molecular complexity index is 710. The molecule has 4 rings (SSSR count). The molecule has 2 fully saturated rings. The van der Waals surface area contributed by atoms with Crippen molar-refractivity contribution in [1.29, 1.82) is 0 Å². The van der Waals surface area contributed by atoms with Crippen molar-refractivity contribution in [3.8, 4) is 10.8 Å². The minimum atomic E-state index is 0.00751. The summed E-state index contributed by atoms with van der Waals surface area (Å²) in [7, 11) is 0. The van der Waals surface area contributed by atoms with Gasteiger partial charge in [0.05, 0.1) is 4.88 Å². The van der Waals surface area contributed by atoms with Gasteiger partial charge in [-0.3, -0.25) is 4.79 Å². The van der Waals surface area contributed by atoms with Crippen molar-refractivity contribution in [2.45, 2.75) is 44.3 Å². The average Bonchev–Trinajstić information content (AvgIpc) is 3.26. The molecule has 0 spiro atoms. The monoisotopic (exact) mass is 328 g/mol. The number of rotatable bonds is 4. The van der Waals surface area contributed by atoms with Gasteiger partial charge in [0.1, 0.15) is 5.75 Å². The van der Waals surface area contributed by atoms with Gasteiger partial charge >= 0.3 is 0 Å². The van der Waals surface area contributed by atoms with Gasteiger partial charge in [-0.15, -0.1) is 0 Å². The molecule has 2 aliphatic rings. The molecule has 5 heteroatoms. The Morgan fingerprint density at radius 1 is 1.22 bits per heavy atom. The van der Waals surface area contributed by atoms with E-state index < -0.39 is 0 Å². The average molecular weight is 328 g/mol. The Morgan fingerprint density at radius 2 is 2.04 bits per heavy atom. The van der Waals surface area contributed by atoms with Crippen LogP contribution < -0.4 is 15.4 Å². The lowest BCUT2D eigenvalue weighted by molar-refractivity contribution is 0.0935. The molecule has 2 N–H and O–H groups in total. The Kier molecular flexibility index (Phi) is 3.83. The van der Waals surface area contributed by atoms with Crippen LogP contribution in [0, 0.1) is 6.92 Å². The number of hydrogen-bond donors (Lipinski definition) is 2. The zero-order valence-electron chi connectivity index (χ0n) is 13.0. The predicted octanol–water partition coefficient (Wildman–Crippen LogP) is 3.47. The van der Waals surface area contributed by atoms with Gasteiger partial charge in [0, 0.05) is 18.1 Å². The van der Waals surface area contributed by atoms with Gasteiger partial charge in [0.2, 0.25) is 0 Å². The molecule has 2 bridgehead atoms. The molecule has 23 heavy (non-hydrogen) atoms. The first-order valence-electron chi connectivity index (χ1n) is 8.09. The van der Waals surface area contributed by atoms with E-state index in [4.69, 9.17) is 4.74 Å². The largest absolute Gasteiger partial charge is 0.447 e. The molecule has 2 aromatic rings. The molecule has 2 aliphatic heterocycles. The third kappa shape index (κ3) is 3.12. The topological polar surface area (TPSA) is 50.4 Å². The summed E-state index contributed by atoms with van der Waals surface area (Å²) in [6.45, 7) is 2.04. The molecule has 0 radical (unpaired) electrons. The zero-order valence-corrected chi connectivity index (χ0v) is 13.9. The predicted molar refractivity (Wildman–Crippen MR) is 91.4 cm³/mol. The highest BCUT2D eigenvalue weighted by Gasteiger charge is 2.39. The normalized spacial score (nSPS) is 25.5. The quantitative estimate of drug-likeness (QED) is 0.903. The highest BCUT2D eigenvalue weighted by Crippen LogP contribution is 2.31. The second-order valence-electron chi connectivity index (χ2n) is 6.40. The molecule has 4 nitrogen and oxygen atoms in total. The first-order valence-corrected chi connectivity index (χ1v) is 8.90. The number of aryl methyl sites for hydroxylation is 1. The first kappa shape index (κ1) is 14.7. The standard InChI is InChI=1S/C18H20N2O2S/c1-11-2-5-13(6-3-11)22-17-9-8-16(23-17)18(21)20-15-10-12-4-7-14(15)19-12/h2-3,5-6,8-9,12,14-15,19H,4,7,10H2,1H3,(H,20,21). The van der Waals surface area contributed by atoms with Crippen LogP contribution in [0.1, 0.15) is 34.5 Å². The van der Waals surface area contributed by atoms with E-state index in [1.54, 1.807) is 0 Å². The van der Waals surface area contributed by atoms with Crippen LogP contribution in [0.3, 0.4) is 0 Å². The van der Waals surface area contributed by atoms with Crippen LogP contribution in [-0.4, -0.2) is 24.0 Å². The van der Waals surface area contributed by atoms with Crippen molar-refractivity contribution in [2.75, 3.05) is 0 Å². The van der Waals surface area contributed by atoms with Crippen LogP contribution in [0.2, 0.25) is 0 Å². The van der Waals surface area contributed by atoms with Gasteiger partial charge in [-0.1, -0.05) is 29.0 Å². The molecule has 1 aromatic carbocycles. The van der Waals surface area contributed by atoms with Gasteiger partial charge in [-0.2, -0.15) is 0 Å². The van der Waals surface area contributed by atoms with Gasteiger partial charge in [-0.05, 0) is 50.5 Å². The van der Waals surface area contributed by atoms with Crippen LogP contribution >= 0.6 is 11.3 Å². The van der Waals surface area contributed by atoms with Crippen LogP contribution in [0.5, 0.6) is 10.8 Å². The number of fused-ring (bicyclic) bond motifs is 2. The van der Waals surface area contributed by atoms with Gasteiger partial charge in [0.25, 0.3) is 5.91 Å². The van der Waals surface area contributed by atoms with Crippen molar-refractivity contribution in [2.24, 2.45) is 0 Å². The number of carbonyl (C=O) groups excluding carboxylic acids is 1. The molecular weight excluding hydrogens is 308 g/mol. The van der Waals surface area contributed by atoms with Crippen molar-refractivity contribution in [3.05, 3.63) is 46.8 Å². The molecule has 0 saturated carbocycles. The zero-order chi connectivity index (χ0) is 15.8. The third-order valence-corrected chi connectivity index (χ3v) is 5.62. The van der Waals surface area contributed by atoms with Gasteiger partial charge < -0.3 is 15.4 Å². The summed E-state index contributed by atoms with van der Waals surface area (Å²) < 4.78 is 5.81. The molecule has 3 unspecified atom stereocenters. The summed E-state index contributed by atoms with van der Waals surface area (Å²) in [5, 5.41) is 7.45. The Morgan fingerprint density at radius 3 is 2.74 bits per heavy atom. The maximum absolute atomic E-state index is 12.4. The number of carbonyl (C=O) groups is 1. The third-order valence-electron chi connectivity index (χ3n) is 4.66. The highest BCUT2D eigenvalue weighted by molar-refractivity contribution is 7.15. The van der Waals surface area contributed by atoms with E-state index in [0.717, 1.165) is 17.2 Å². The summed E-state index contributed by atoms with van der Waals surface area (Å²) in [5.41, 5.74) is 1.20. The van der Waals surface area contributed by atoms with Gasteiger partial charge in [0.15, 0.2) is 5.06 Å². The molecule has 120 valence electrons. The number of amides is 1. The summed E-state index contributed by atoms with van der Waals surface area (Å²) >= 11 is 1.39. The van der Waals surface area contributed by atoms with Crippen LogP contribution in [0.4, 0.5) is 0 Å². The second kappa shape index (κ2) is 5.98. The Hall–Kier alpha value is -1.85. The van der Waals surface area contributed by atoms with Crippen molar-refractivity contribution in [1.82, 2.24) is 10.6 Å². The number of hydrogen-bond acceptors (Lipinski definition) is 4. The molecule has 1 aromatic heterocycles. The number of thiophene rings is 1. The number of ether oxygens (including phenoxy) is 1. The van der Waals surface area contributed by atoms with Crippen molar-refractivity contribution in [3.63, 3.8) is 0 Å². The van der Waals surface area contributed by atoms with E-state index in [9.17, 15) is 4.79 Å². The Labute approximate surface area is 139 Å². The summed E-state index contributed by atoms with van der Waals surface area (Å²) in [5.74, 6) is 0.801. The lowest BCUT2D eigenvalue weighted by atomic mass is 9.95. The van der Waals surface area contributed by atoms with E-state index in [-0.39, 0.29) is 11.9 Å². The molecule has 0 aliphatic carbocycles. The summed E-state index contributed by atoms with van der Waals surface area (Å²) in [4.78, 5) is 13.1. The maximum Gasteiger partial charge on any atom is 0.261 e. The minimum Gasteiger partial charge on any atom is -0.447 e. The highest BCUT2D eigenvalue weighted by atomic mass is 32.1. The second-order valence-corrected chi connectivity index (χ2v) is 7.44. The van der Waals surface area contributed by atoms with E-state index in [2.05, 4.69) is 10.6 Å². The number of benzene rings is 1. The molecular formula is C18H20N2O2S. The fourth-order valence-electron chi connectivity index (χ4n) is 3.44. The van der Waals surface area contributed by atoms with Crippen LogP contribution in [0.15, 0.2) is 36.4 Å². The molecule has 3 atom stereocenters. The molecule has 3 heterocycles. The Balaban J connectivity index is 1.39. The van der Waals surface area contributed by atoms with Crippen molar-refractivity contribution < 1.29 is 9.53 Å². The lowest BCUT2D eigenvalue weighted by Gasteiger charge is -2.20. The SMILES string of the molecule is Cc1ccc(Oc2ccc(C(=O)NC3CC4CCC3N4)s2)cc1. The smallest absolute Gasteiger partial charge is 0.261 e. The van der Waals surface area contributed by atoms with Crippen LogP contribution in [-0.2, 0) is 0 Å². The van der Waals surface area contributed by atoms with Crippen molar-refractivity contribution >= 4 is 17.2 Å². The van der Waals surface area contributed by atoms with Gasteiger partial charge in [-0.25, -0.2) is 0 Å². The maximum atomic E-state index is 12.4. The molecule has 1 amide bonds. The number of nitrogens with one attached hydrogen (secondary N) is 2. The van der Waals surface area contributed by atoms with E-state index >= 15 is 0 Å².